The Morgan fingerprint density at radius 1 is 0.839 bits per heavy atom. The minimum absolute atomic E-state index is 0.0660. The summed E-state index contributed by atoms with van der Waals surface area (Å²) >= 11 is 2.23. The van der Waals surface area contributed by atoms with Crippen molar-refractivity contribution in [2.24, 2.45) is 0 Å². The topological polar surface area (TPSA) is 34.9 Å². The van der Waals surface area contributed by atoms with Crippen molar-refractivity contribution in [3.05, 3.63) is 116 Å². The van der Waals surface area contributed by atoms with Crippen LogP contribution in [0.1, 0.15) is 17.0 Å². The van der Waals surface area contributed by atoms with Gasteiger partial charge in [0, 0.05) is 8.96 Å². The molecule has 0 N–H and O–H groups in total. The summed E-state index contributed by atoms with van der Waals surface area (Å²) in [6.07, 6.45) is 3.93. The van der Waals surface area contributed by atoms with Gasteiger partial charge in [-0.2, -0.15) is 0 Å². The predicted octanol–water partition coefficient (Wildman–Crippen LogP) is 6.62. The molecule has 3 nitrogen and oxygen atoms in total. The highest BCUT2D eigenvalue weighted by Gasteiger charge is 2.13. The zero-order valence-corrected chi connectivity index (χ0v) is 19.1. The molecule has 4 heteroatoms. The molecule has 5 rings (SSSR count). The molecule has 0 aliphatic rings. The van der Waals surface area contributed by atoms with Crippen LogP contribution in [-0.4, -0.2) is 9.55 Å². The van der Waals surface area contributed by atoms with Crippen LogP contribution in [0.5, 0.6) is 0 Å². The standard InChI is InChI=1S/C27H19IN2O/c1-18-6-4-7-19(16-18)12-15-26-29-24-14-13-21(28)17-23(24)27(31)30(26)25-11-5-9-20-8-2-3-10-22(20)25/h2-17H,1H3. The molecular weight excluding hydrogens is 495 g/mol. The van der Waals surface area contributed by atoms with Crippen molar-refractivity contribution >= 4 is 56.4 Å². The van der Waals surface area contributed by atoms with E-state index in [9.17, 15) is 4.79 Å². The van der Waals surface area contributed by atoms with E-state index in [4.69, 9.17) is 4.98 Å². The van der Waals surface area contributed by atoms with Crippen LogP contribution in [0, 0.1) is 10.5 Å². The van der Waals surface area contributed by atoms with Crippen LogP contribution in [0.3, 0.4) is 0 Å². The molecule has 0 spiro atoms. The van der Waals surface area contributed by atoms with Crippen LogP contribution in [0.2, 0.25) is 0 Å². The van der Waals surface area contributed by atoms with E-state index in [-0.39, 0.29) is 5.56 Å². The average molecular weight is 514 g/mol. The van der Waals surface area contributed by atoms with Crippen molar-refractivity contribution in [1.82, 2.24) is 9.55 Å². The minimum atomic E-state index is -0.0660. The van der Waals surface area contributed by atoms with Crippen molar-refractivity contribution < 1.29 is 0 Å². The quantitative estimate of drug-likeness (QED) is 0.254. The summed E-state index contributed by atoms with van der Waals surface area (Å²) in [5, 5.41) is 2.72. The van der Waals surface area contributed by atoms with Crippen LogP contribution < -0.4 is 5.56 Å². The number of aromatic nitrogens is 2. The Labute approximate surface area is 193 Å². The van der Waals surface area contributed by atoms with Gasteiger partial charge in [-0.05, 0) is 70.8 Å². The molecule has 0 aliphatic carbocycles. The van der Waals surface area contributed by atoms with E-state index in [1.165, 1.54) is 5.56 Å². The number of benzene rings is 4. The normalized spacial score (nSPS) is 11.5. The van der Waals surface area contributed by atoms with Crippen molar-refractivity contribution in [2.45, 2.75) is 6.92 Å². The third-order valence-corrected chi connectivity index (χ3v) is 6.00. The van der Waals surface area contributed by atoms with Crippen molar-refractivity contribution in [3.8, 4) is 5.69 Å². The summed E-state index contributed by atoms with van der Waals surface area (Å²) in [6.45, 7) is 2.07. The van der Waals surface area contributed by atoms with Gasteiger partial charge in [0.2, 0.25) is 0 Å². The van der Waals surface area contributed by atoms with Crippen molar-refractivity contribution in [3.63, 3.8) is 0 Å². The van der Waals surface area contributed by atoms with Crippen LogP contribution in [-0.2, 0) is 0 Å². The van der Waals surface area contributed by atoms with Crippen LogP contribution in [0.25, 0.3) is 39.5 Å². The van der Waals surface area contributed by atoms with Gasteiger partial charge in [-0.15, -0.1) is 0 Å². The second-order valence-corrected chi connectivity index (χ2v) is 8.76. The molecule has 0 atom stereocenters. The lowest BCUT2D eigenvalue weighted by Gasteiger charge is -2.14. The number of aryl methyl sites for hydroxylation is 1. The van der Waals surface area contributed by atoms with Gasteiger partial charge >= 0.3 is 0 Å². The first-order chi connectivity index (χ1) is 15.1. The lowest BCUT2D eigenvalue weighted by molar-refractivity contribution is 0.951. The lowest BCUT2D eigenvalue weighted by atomic mass is 10.1. The number of fused-ring (bicyclic) bond motifs is 2. The maximum absolute atomic E-state index is 13.7. The molecule has 0 bridgehead atoms. The van der Waals surface area contributed by atoms with Gasteiger partial charge in [-0.1, -0.05) is 72.3 Å². The smallest absolute Gasteiger partial charge is 0.266 e. The Hall–Kier alpha value is -3.25. The van der Waals surface area contributed by atoms with Crippen LogP contribution in [0.15, 0.2) is 89.7 Å². The van der Waals surface area contributed by atoms with E-state index in [0.717, 1.165) is 25.6 Å². The second-order valence-electron chi connectivity index (χ2n) is 7.52. The van der Waals surface area contributed by atoms with Crippen molar-refractivity contribution in [2.75, 3.05) is 0 Å². The maximum Gasteiger partial charge on any atom is 0.266 e. The fourth-order valence-corrected chi connectivity index (χ4v) is 4.36. The van der Waals surface area contributed by atoms with Gasteiger partial charge in [0.05, 0.1) is 16.6 Å². The Morgan fingerprint density at radius 2 is 1.65 bits per heavy atom. The number of halogens is 1. The molecular formula is C27H19IN2O. The molecule has 0 amide bonds. The fourth-order valence-electron chi connectivity index (χ4n) is 3.87. The largest absolute Gasteiger partial charge is 0.268 e. The van der Waals surface area contributed by atoms with Gasteiger partial charge in [0.25, 0.3) is 5.56 Å². The first kappa shape index (κ1) is 19.7. The van der Waals surface area contributed by atoms with E-state index in [1.54, 1.807) is 4.57 Å². The molecule has 0 fully saturated rings. The molecule has 31 heavy (non-hydrogen) atoms. The Morgan fingerprint density at radius 3 is 2.52 bits per heavy atom. The highest BCUT2D eigenvalue weighted by molar-refractivity contribution is 14.1. The molecule has 0 saturated heterocycles. The molecule has 0 unspecified atom stereocenters. The van der Waals surface area contributed by atoms with Gasteiger partial charge in [-0.25, -0.2) is 4.98 Å². The molecule has 0 aliphatic heterocycles. The van der Waals surface area contributed by atoms with E-state index < -0.39 is 0 Å². The van der Waals surface area contributed by atoms with Gasteiger partial charge in [0.15, 0.2) is 0 Å². The summed E-state index contributed by atoms with van der Waals surface area (Å²) < 4.78 is 2.74. The number of rotatable bonds is 3. The Bertz CT molecular complexity index is 1530. The summed E-state index contributed by atoms with van der Waals surface area (Å²) in [5.41, 5.74) is 3.73. The SMILES string of the molecule is Cc1cccc(C=Cc2nc3ccc(I)cc3c(=O)n2-c2cccc3ccccc23)c1. The van der Waals surface area contributed by atoms with E-state index in [0.29, 0.717) is 16.7 Å². The fraction of sp³-hybridized carbons (Fsp3) is 0.0370. The molecule has 150 valence electrons. The maximum atomic E-state index is 13.7. The number of hydrogen-bond donors (Lipinski definition) is 0. The summed E-state index contributed by atoms with van der Waals surface area (Å²) in [5.74, 6) is 0.608. The highest BCUT2D eigenvalue weighted by Crippen LogP contribution is 2.24. The summed E-state index contributed by atoms with van der Waals surface area (Å²) in [7, 11) is 0. The van der Waals surface area contributed by atoms with E-state index in [2.05, 4.69) is 53.8 Å². The summed E-state index contributed by atoms with van der Waals surface area (Å²) in [6, 6.07) is 28.2. The zero-order chi connectivity index (χ0) is 21.4. The van der Waals surface area contributed by atoms with Crippen LogP contribution >= 0.6 is 22.6 Å². The van der Waals surface area contributed by atoms with E-state index in [1.807, 2.05) is 72.8 Å². The van der Waals surface area contributed by atoms with Crippen molar-refractivity contribution in [1.29, 1.82) is 0 Å². The predicted molar refractivity (Wildman–Crippen MR) is 138 cm³/mol. The third kappa shape index (κ3) is 3.79. The number of nitrogens with zero attached hydrogens (tertiary/aromatic N) is 2. The Balaban J connectivity index is 1.82. The van der Waals surface area contributed by atoms with Crippen LogP contribution in [0.4, 0.5) is 0 Å². The molecule has 1 aromatic heterocycles. The average Bonchev–Trinajstić information content (AvgIpc) is 2.78. The summed E-state index contributed by atoms with van der Waals surface area (Å²) in [4.78, 5) is 18.6. The minimum Gasteiger partial charge on any atom is -0.268 e. The van der Waals surface area contributed by atoms with Gasteiger partial charge in [0.1, 0.15) is 5.82 Å². The molecule has 4 aromatic carbocycles. The molecule has 0 saturated carbocycles. The number of hydrogen-bond acceptors (Lipinski definition) is 2. The molecule has 1 heterocycles. The lowest BCUT2D eigenvalue weighted by Crippen LogP contribution is -2.22. The van der Waals surface area contributed by atoms with Gasteiger partial charge in [-0.3, -0.25) is 9.36 Å². The third-order valence-electron chi connectivity index (χ3n) is 5.33. The monoisotopic (exact) mass is 514 g/mol. The van der Waals surface area contributed by atoms with E-state index >= 15 is 0 Å². The zero-order valence-electron chi connectivity index (χ0n) is 16.9. The first-order valence-electron chi connectivity index (χ1n) is 10.1. The second kappa shape index (κ2) is 8.12. The Kier molecular flexibility index (Phi) is 5.16. The highest BCUT2D eigenvalue weighted by atomic mass is 127. The molecule has 5 aromatic rings. The van der Waals surface area contributed by atoms with Gasteiger partial charge < -0.3 is 0 Å². The first-order valence-corrected chi connectivity index (χ1v) is 11.1. The molecule has 0 radical (unpaired) electrons.